The molecule has 0 saturated heterocycles. The minimum Gasteiger partial charge on any atom is -0.465 e. The van der Waals surface area contributed by atoms with Gasteiger partial charge >= 0.3 is 5.97 Å². The third-order valence-corrected chi connectivity index (χ3v) is 4.27. The quantitative estimate of drug-likeness (QED) is 0.465. The number of carbonyl (C=O) groups is 2. The van der Waals surface area contributed by atoms with Crippen LogP contribution in [0.3, 0.4) is 0 Å². The fourth-order valence-corrected chi connectivity index (χ4v) is 2.78. The Balaban J connectivity index is 1.79. The van der Waals surface area contributed by atoms with Gasteiger partial charge in [0.15, 0.2) is 0 Å². The topological polar surface area (TPSA) is 46.6 Å². The molecule has 0 bridgehead atoms. The lowest BCUT2D eigenvalue weighted by molar-refractivity contribution is -0.114. The number of para-hydroxylation sites is 1. The maximum Gasteiger partial charge on any atom is 0.337 e. The summed E-state index contributed by atoms with van der Waals surface area (Å²) in [5.41, 5.74) is 3.19. The number of methoxy groups -OCH3 is 1. The second kappa shape index (κ2) is 9.33. The zero-order valence-electron chi connectivity index (χ0n) is 15.6. The van der Waals surface area contributed by atoms with Gasteiger partial charge in [-0.15, -0.1) is 0 Å². The van der Waals surface area contributed by atoms with Crippen LogP contribution in [0.2, 0.25) is 0 Å². The van der Waals surface area contributed by atoms with Crippen LogP contribution in [0.4, 0.5) is 5.69 Å². The summed E-state index contributed by atoms with van der Waals surface area (Å²) in [6.45, 7) is 0.481. The Labute approximate surface area is 164 Å². The number of rotatable bonds is 6. The summed E-state index contributed by atoms with van der Waals surface area (Å²) >= 11 is 0. The number of esters is 1. The Morgan fingerprint density at radius 1 is 0.857 bits per heavy atom. The molecule has 0 atom stereocenters. The molecular formula is C24H21NO3. The highest BCUT2D eigenvalue weighted by Gasteiger charge is 2.13. The lowest BCUT2D eigenvalue weighted by atomic mass is 10.1. The van der Waals surface area contributed by atoms with Gasteiger partial charge in [0, 0.05) is 11.8 Å². The van der Waals surface area contributed by atoms with Crippen LogP contribution in [0.5, 0.6) is 0 Å². The molecule has 0 radical (unpaired) electrons. The highest BCUT2D eigenvalue weighted by Crippen LogP contribution is 2.18. The summed E-state index contributed by atoms with van der Waals surface area (Å²) in [4.78, 5) is 26.1. The van der Waals surface area contributed by atoms with E-state index in [9.17, 15) is 9.59 Å². The maximum atomic E-state index is 12.9. The lowest BCUT2D eigenvalue weighted by Crippen LogP contribution is -2.28. The molecule has 0 spiro atoms. The average molecular weight is 371 g/mol. The Hall–Kier alpha value is -3.66. The first-order valence-corrected chi connectivity index (χ1v) is 8.94. The summed E-state index contributed by atoms with van der Waals surface area (Å²) in [6.07, 6.45) is 3.29. The molecule has 28 heavy (non-hydrogen) atoms. The third kappa shape index (κ3) is 4.95. The zero-order chi connectivity index (χ0) is 19.8. The number of ether oxygens (including phenoxy) is 1. The Bertz CT molecular complexity index is 948. The van der Waals surface area contributed by atoms with Crippen LogP contribution in [0.15, 0.2) is 91.0 Å². The van der Waals surface area contributed by atoms with Crippen LogP contribution in [0.1, 0.15) is 21.5 Å². The van der Waals surface area contributed by atoms with Crippen LogP contribution in [0.25, 0.3) is 6.08 Å². The molecule has 0 aromatic heterocycles. The van der Waals surface area contributed by atoms with Crippen molar-refractivity contribution in [2.75, 3.05) is 12.0 Å². The smallest absolute Gasteiger partial charge is 0.337 e. The Kier molecular flexibility index (Phi) is 6.37. The van der Waals surface area contributed by atoms with E-state index in [1.807, 2.05) is 60.7 Å². The number of amides is 1. The van der Waals surface area contributed by atoms with Crippen molar-refractivity contribution in [3.63, 3.8) is 0 Å². The SMILES string of the molecule is COC(=O)c1ccc(/C=C/C(=O)N(Cc2ccccc2)c2ccccc2)cc1. The summed E-state index contributed by atoms with van der Waals surface area (Å²) in [5, 5.41) is 0. The van der Waals surface area contributed by atoms with E-state index < -0.39 is 0 Å². The summed E-state index contributed by atoms with van der Waals surface area (Å²) in [7, 11) is 1.35. The third-order valence-electron chi connectivity index (χ3n) is 4.27. The predicted octanol–water partition coefficient (Wildman–Crippen LogP) is 4.72. The molecule has 3 aromatic rings. The number of hydrogen-bond donors (Lipinski definition) is 0. The van der Waals surface area contributed by atoms with E-state index in [0.29, 0.717) is 12.1 Å². The van der Waals surface area contributed by atoms with Gasteiger partial charge in [-0.25, -0.2) is 4.79 Å². The molecule has 0 saturated carbocycles. The molecular weight excluding hydrogens is 350 g/mol. The lowest BCUT2D eigenvalue weighted by Gasteiger charge is -2.21. The first kappa shape index (κ1) is 19.1. The van der Waals surface area contributed by atoms with Crippen LogP contribution < -0.4 is 4.90 Å². The van der Waals surface area contributed by atoms with Crippen molar-refractivity contribution in [2.45, 2.75) is 6.54 Å². The monoisotopic (exact) mass is 371 g/mol. The second-order valence-corrected chi connectivity index (χ2v) is 6.19. The van der Waals surface area contributed by atoms with Gasteiger partial charge in [-0.2, -0.15) is 0 Å². The molecule has 0 N–H and O–H groups in total. The van der Waals surface area contributed by atoms with E-state index >= 15 is 0 Å². The van der Waals surface area contributed by atoms with E-state index in [4.69, 9.17) is 4.74 Å². The standard InChI is InChI=1S/C24H21NO3/c1-28-24(27)21-15-12-19(13-16-21)14-17-23(26)25(22-10-6-3-7-11-22)18-20-8-4-2-5-9-20/h2-17H,18H2,1H3/b17-14+. The van der Waals surface area contributed by atoms with Gasteiger partial charge in [-0.3, -0.25) is 4.79 Å². The highest BCUT2D eigenvalue weighted by molar-refractivity contribution is 6.03. The highest BCUT2D eigenvalue weighted by atomic mass is 16.5. The molecule has 3 aromatic carbocycles. The van der Waals surface area contributed by atoms with Crippen molar-refractivity contribution >= 4 is 23.6 Å². The first-order chi connectivity index (χ1) is 13.7. The summed E-state index contributed by atoms with van der Waals surface area (Å²) in [6, 6.07) is 26.4. The van der Waals surface area contributed by atoms with Gasteiger partial charge in [-0.05, 0) is 41.5 Å². The van der Waals surface area contributed by atoms with Crippen molar-refractivity contribution in [3.8, 4) is 0 Å². The minimum absolute atomic E-state index is 0.118. The molecule has 0 aliphatic carbocycles. The Morgan fingerprint density at radius 3 is 2.07 bits per heavy atom. The van der Waals surface area contributed by atoms with Crippen LogP contribution >= 0.6 is 0 Å². The summed E-state index contributed by atoms with van der Waals surface area (Å²) in [5.74, 6) is -0.503. The van der Waals surface area contributed by atoms with E-state index in [-0.39, 0.29) is 11.9 Å². The van der Waals surface area contributed by atoms with Gasteiger partial charge in [-0.1, -0.05) is 60.7 Å². The van der Waals surface area contributed by atoms with Gasteiger partial charge in [0.05, 0.1) is 19.2 Å². The Morgan fingerprint density at radius 2 is 1.46 bits per heavy atom. The molecule has 0 unspecified atom stereocenters. The van der Waals surface area contributed by atoms with Crippen LogP contribution in [0, 0.1) is 0 Å². The molecule has 4 heteroatoms. The first-order valence-electron chi connectivity index (χ1n) is 8.94. The fraction of sp³-hybridized carbons (Fsp3) is 0.0833. The normalized spacial score (nSPS) is 10.6. The minimum atomic E-state index is -0.385. The van der Waals surface area contributed by atoms with Crippen molar-refractivity contribution in [1.82, 2.24) is 0 Å². The van der Waals surface area contributed by atoms with Crippen molar-refractivity contribution < 1.29 is 14.3 Å². The van der Waals surface area contributed by atoms with E-state index in [0.717, 1.165) is 16.8 Å². The summed E-state index contributed by atoms with van der Waals surface area (Å²) < 4.78 is 4.69. The van der Waals surface area contributed by atoms with E-state index in [1.165, 1.54) is 7.11 Å². The molecule has 0 aliphatic rings. The van der Waals surface area contributed by atoms with E-state index in [1.54, 1.807) is 41.3 Å². The zero-order valence-corrected chi connectivity index (χ0v) is 15.6. The van der Waals surface area contributed by atoms with Crippen molar-refractivity contribution in [1.29, 1.82) is 0 Å². The number of hydrogen-bond acceptors (Lipinski definition) is 3. The van der Waals surface area contributed by atoms with Gasteiger partial charge in [0.2, 0.25) is 0 Å². The van der Waals surface area contributed by atoms with Gasteiger partial charge < -0.3 is 9.64 Å². The van der Waals surface area contributed by atoms with Gasteiger partial charge in [0.25, 0.3) is 5.91 Å². The second-order valence-electron chi connectivity index (χ2n) is 6.19. The molecule has 0 fully saturated rings. The molecule has 1 amide bonds. The molecule has 4 nitrogen and oxygen atoms in total. The number of anilines is 1. The maximum absolute atomic E-state index is 12.9. The van der Waals surface area contributed by atoms with Crippen LogP contribution in [-0.4, -0.2) is 19.0 Å². The molecule has 140 valence electrons. The number of carbonyl (C=O) groups excluding carboxylic acids is 2. The largest absolute Gasteiger partial charge is 0.465 e. The fourth-order valence-electron chi connectivity index (χ4n) is 2.78. The van der Waals surface area contributed by atoms with Crippen LogP contribution in [-0.2, 0) is 16.1 Å². The van der Waals surface area contributed by atoms with Crippen molar-refractivity contribution in [2.24, 2.45) is 0 Å². The molecule has 0 aliphatic heterocycles. The average Bonchev–Trinajstić information content (AvgIpc) is 2.77. The number of nitrogens with zero attached hydrogens (tertiary/aromatic N) is 1. The van der Waals surface area contributed by atoms with E-state index in [2.05, 4.69) is 0 Å². The van der Waals surface area contributed by atoms with Crippen molar-refractivity contribution in [3.05, 3.63) is 108 Å². The van der Waals surface area contributed by atoms with Gasteiger partial charge in [0.1, 0.15) is 0 Å². The predicted molar refractivity (Wildman–Crippen MR) is 111 cm³/mol. The number of benzene rings is 3. The molecule has 0 heterocycles. The molecule has 3 rings (SSSR count).